The van der Waals surface area contributed by atoms with Crippen LogP contribution in [-0.4, -0.2) is 69.2 Å². The van der Waals surface area contributed by atoms with Crippen LogP contribution in [0.25, 0.3) is 0 Å². The molecule has 2 unspecified atom stereocenters. The number of rotatable bonds is 5. The Kier molecular flexibility index (Phi) is 8.97. The molecule has 0 aliphatic carbocycles. The van der Waals surface area contributed by atoms with Gasteiger partial charge in [-0.1, -0.05) is 0 Å². The summed E-state index contributed by atoms with van der Waals surface area (Å²) in [5.41, 5.74) is 0. The van der Waals surface area contributed by atoms with Crippen molar-refractivity contribution in [3.63, 3.8) is 0 Å². The van der Waals surface area contributed by atoms with E-state index in [1.807, 2.05) is 0 Å². The van der Waals surface area contributed by atoms with E-state index in [0.717, 1.165) is 0 Å². The van der Waals surface area contributed by atoms with Gasteiger partial charge in [0.15, 0.2) is 12.2 Å². The van der Waals surface area contributed by atoms with Crippen molar-refractivity contribution in [3.8, 4) is 0 Å². The normalized spacial score (nSPS) is 12.9. The van der Waals surface area contributed by atoms with Gasteiger partial charge in [-0.25, -0.2) is 9.59 Å². The highest BCUT2D eigenvalue weighted by atomic mass is 16.4. The van der Waals surface area contributed by atoms with Gasteiger partial charge in [-0.3, -0.25) is 4.79 Å². The predicted molar refractivity (Wildman–Crippen MR) is 48.8 cm³/mol. The lowest BCUT2D eigenvalue weighted by atomic mass is 10.2. The molecule has 0 aromatic heterocycles. The van der Waals surface area contributed by atoms with E-state index < -0.39 is 30.1 Å². The molecule has 0 radical (unpaired) electrons. The maximum Gasteiger partial charge on any atom is 0.335 e. The van der Waals surface area contributed by atoms with E-state index in [2.05, 4.69) is 5.32 Å². The molecule has 0 amide bonds. The van der Waals surface area contributed by atoms with E-state index in [0.29, 0.717) is 0 Å². The first kappa shape index (κ1) is 16.7. The standard InChI is InChI=1S/C4H6O6.C3H7NO2/c5-1(3(7)8)2(6)4(9)10;1-4-2-3(5)6/h1-2,5-6H,(H,7,8)(H,9,10);4H,2H2,1H3,(H,5,6). The second kappa shape index (κ2) is 8.59. The van der Waals surface area contributed by atoms with E-state index >= 15 is 0 Å². The summed E-state index contributed by atoms with van der Waals surface area (Å²) in [5.74, 6) is -4.36. The van der Waals surface area contributed by atoms with Gasteiger partial charge in [0.2, 0.25) is 0 Å². The number of aliphatic hydroxyl groups excluding tert-OH is 2. The van der Waals surface area contributed by atoms with E-state index in [1.165, 1.54) is 0 Å². The lowest BCUT2D eigenvalue weighted by Crippen LogP contribution is -2.39. The van der Waals surface area contributed by atoms with Crippen LogP contribution in [0.15, 0.2) is 0 Å². The highest BCUT2D eigenvalue weighted by Gasteiger charge is 2.29. The molecule has 0 heterocycles. The Balaban J connectivity index is 0. The molecule has 0 aromatic carbocycles. The molecule has 94 valence electrons. The Morgan fingerprint density at radius 3 is 1.38 bits per heavy atom. The minimum atomic E-state index is -2.27. The lowest BCUT2D eigenvalue weighted by molar-refractivity contribution is -0.165. The smallest absolute Gasteiger partial charge is 0.335 e. The summed E-state index contributed by atoms with van der Waals surface area (Å²) >= 11 is 0. The van der Waals surface area contributed by atoms with E-state index in [9.17, 15) is 14.4 Å². The number of hydrogen-bond acceptors (Lipinski definition) is 6. The highest BCUT2D eigenvalue weighted by molar-refractivity contribution is 5.83. The molecular weight excluding hydrogens is 226 g/mol. The van der Waals surface area contributed by atoms with E-state index in [1.54, 1.807) is 7.05 Å². The Bertz CT molecular complexity index is 235. The summed E-state index contributed by atoms with van der Waals surface area (Å²) in [6, 6.07) is 0. The van der Waals surface area contributed by atoms with Crippen molar-refractivity contribution in [1.82, 2.24) is 5.32 Å². The molecule has 16 heavy (non-hydrogen) atoms. The van der Waals surface area contributed by atoms with Crippen molar-refractivity contribution in [3.05, 3.63) is 0 Å². The molecular formula is C7H13NO8. The summed E-state index contributed by atoms with van der Waals surface area (Å²) in [6.07, 6.45) is -4.53. The number of carboxylic acids is 3. The summed E-state index contributed by atoms with van der Waals surface area (Å²) in [4.78, 5) is 29.1. The fourth-order valence-corrected chi connectivity index (χ4v) is 0.421. The maximum atomic E-state index is 9.77. The average molecular weight is 239 g/mol. The van der Waals surface area contributed by atoms with Gasteiger partial charge >= 0.3 is 17.9 Å². The van der Waals surface area contributed by atoms with Crippen molar-refractivity contribution in [2.24, 2.45) is 0 Å². The van der Waals surface area contributed by atoms with Crippen molar-refractivity contribution in [1.29, 1.82) is 0 Å². The molecule has 0 bridgehead atoms. The number of carbonyl (C=O) groups is 3. The van der Waals surface area contributed by atoms with Gasteiger partial charge in [0.1, 0.15) is 0 Å². The van der Waals surface area contributed by atoms with Crippen LogP contribution in [0.2, 0.25) is 0 Å². The average Bonchev–Trinajstić information content (AvgIpc) is 2.15. The van der Waals surface area contributed by atoms with Crippen LogP contribution in [0.1, 0.15) is 0 Å². The number of aliphatic carboxylic acids is 3. The van der Waals surface area contributed by atoms with Crippen molar-refractivity contribution >= 4 is 17.9 Å². The Hall–Kier alpha value is -1.71. The topological polar surface area (TPSA) is 164 Å². The molecule has 0 aliphatic heterocycles. The first-order valence-electron chi connectivity index (χ1n) is 3.92. The lowest BCUT2D eigenvalue weighted by Gasteiger charge is -2.07. The summed E-state index contributed by atoms with van der Waals surface area (Å²) in [5, 5.41) is 42.8. The highest BCUT2D eigenvalue weighted by Crippen LogP contribution is 1.92. The van der Waals surface area contributed by atoms with Crippen molar-refractivity contribution < 1.29 is 39.9 Å². The van der Waals surface area contributed by atoms with Crippen LogP contribution in [0.4, 0.5) is 0 Å². The molecule has 6 N–H and O–H groups in total. The fraction of sp³-hybridized carbons (Fsp3) is 0.571. The molecule has 9 nitrogen and oxygen atoms in total. The monoisotopic (exact) mass is 239 g/mol. The van der Waals surface area contributed by atoms with Crippen molar-refractivity contribution in [2.45, 2.75) is 12.2 Å². The minimum Gasteiger partial charge on any atom is -0.480 e. The zero-order valence-corrected chi connectivity index (χ0v) is 8.32. The molecule has 9 heteroatoms. The molecule has 0 saturated carbocycles. The maximum absolute atomic E-state index is 9.77. The van der Waals surface area contributed by atoms with Gasteiger partial charge in [0.05, 0.1) is 6.54 Å². The molecule has 0 rings (SSSR count). The van der Waals surface area contributed by atoms with Crippen LogP contribution in [0, 0.1) is 0 Å². The Morgan fingerprint density at radius 1 is 1.00 bits per heavy atom. The largest absolute Gasteiger partial charge is 0.480 e. The fourth-order valence-electron chi connectivity index (χ4n) is 0.421. The summed E-state index contributed by atoms with van der Waals surface area (Å²) < 4.78 is 0. The third kappa shape index (κ3) is 8.87. The van der Waals surface area contributed by atoms with Crippen LogP contribution in [0.5, 0.6) is 0 Å². The number of aliphatic hydroxyl groups is 2. The number of hydrogen-bond donors (Lipinski definition) is 6. The van der Waals surface area contributed by atoms with Crippen LogP contribution in [0.3, 0.4) is 0 Å². The Labute approximate surface area is 89.9 Å². The quantitative estimate of drug-likeness (QED) is 0.296. The third-order valence-electron chi connectivity index (χ3n) is 1.13. The molecule has 0 spiro atoms. The third-order valence-corrected chi connectivity index (χ3v) is 1.13. The van der Waals surface area contributed by atoms with Crippen molar-refractivity contribution in [2.75, 3.05) is 13.6 Å². The molecule has 0 fully saturated rings. The predicted octanol–water partition coefficient (Wildman–Crippen LogP) is -2.83. The minimum absolute atomic E-state index is 0.0417. The van der Waals surface area contributed by atoms with Gasteiger partial charge in [0, 0.05) is 0 Å². The van der Waals surface area contributed by atoms with Crippen LogP contribution < -0.4 is 5.32 Å². The van der Waals surface area contributed by atoms with Gasteiger partial charge in [0.25, 0.3) is 0 Å². The first-order chi connectivity index (χ1) is 7.23. The second-order valence-corrected chi connectivity index (χ2v) is 2.49. The van der Waals surface area contributed by atoms with E-state index in [-0.39, 0.29) is 6.54 Å². The molecule has 0 aromatic rings. The molecule has 0 saturated heterocycles. The van der Waals surface area contributed by atoms with Gasteiger partial charge < -0.3 is 30.8 Å². The molecule has 2 atom stereocenters. The van der Waals surface area contributed by atoms with Gasteiger partial charge in [-0.2, -0.15) is 0 Å². The van der Waals surface area contributed by atoms with Crippen LogP contribution >= 0.6 is 0 Å². The van der Waals surface area contributed by atoms with Crippen LogP contribution in [-0.2, 0) is 14.4 Å². The SMILES string of the molecule is CNCC(=O)O.O=C(O)C(O)C(O)C(=O)O. The Morgan fingerprint density at radius 2 is 1.31 bits per heavy atom. The zero-order chi connectivity index (χ0) is 13.3. The van der Waals surface area contributed by atoms with E-state index in [4.69, 9.17) is 25.5 Å². The van der Waals surface area contributed by atoms with Gasteiger partial charge in [-0.05, 0) is 7.05 Å². The zero-order valence-electron chi connectivity index (χ0n) is 8.32. The number of carboxylic acid groups (broad SMARTS) is 3. The first-order valence-corrected chi connectivity index (χ1v) is 3.92. The summed E-state index contributed by atoms with van der Waals surface area (Å²) in [6.45, 7) is 0.0417. The summed E-state index contributed by atoms with van der Waals surface area (Å²) in [7, 11) is 1.59. The number of likely N-dealkylation sites (N-methyl/N-ethyl adjacent to an activating group) is 1. The molecule has 0 aliphatic rings. The van der Waals surface area contributed by atoms with Gasteiger partial charge in [-0.15, -0.1) is 0 Å². The second-order valence-electron chi connectivity index (χ2n) is 2.49. The number of nitrogens with one attached hydrogen (secondary N) is 1.